The second-order valence-electron chi connectivity index (χ2n) is 4.39. The van der Waals surface area contributed by atoms with Gasteiger partial charge in [0.15, 0.2) is 0 Å². The quantitative estimate of drug-likeness (QED) is 0.807. The molecule has 3 aromatic rings. The summed E-state index contributed by atoms with van der Waals surface area (Å²) < 4.78 is 14.7. The van der Waals surface area contributed by atoms with E-state index in [1.54, 1.807) is 24.4 Å². The lowest BCUT2D eigenvalue weighted by Gasteiger charge is -1.99. The van der Waals surface area contributed by atoms with Crippen LogP contribution in [-0.2, 0) is 0 Å². The first-order valence-electron chi connectivity index (χ1n) is 6.06. The van der Waals surface area contributed by atoms with Gasteiger partial charge >= 0.3 is 5.97 Å². The summed E-state index contributed by atoms with van der Waals surface area (Å²) in [5, 5.41) is 15.4. The fraction of sp³-hybridized carbons (Fsp3) is 0.0714. The number of thiazole rings is 1. The maximum absolute atomic E-state index is 13.2. The molecule has 0 radical (unpaired) electrons. The standard InChI is InChI=1S/C14H10FN3O2S/c1-8-11(13(19)20)6-16-18(8)14-17-12(7-21-14)9-3-2-4-10(15)5-9/h2-7H,1H3,(H,19,20). The number of carboxylic acid groups (broad SMARTS) is 1. The summed E-state index contributed by atoms with van der Waals surface area (Å²) in [6, 6.07) is 6.15. The van der Waals surface area contributed by atoms with Crippen LogP contribution >= 0.6 is 11.3 Å². The lowest BCUT2D eigenvalue weighted by Crippen LogP contribution is -2.02. The Morgan fingerprint density at radius 2 is 2.24 bits per heavy atom. The Hall–Kier alpha value is -2.54. The third kappa shape index (κ3) is 2.43. The number of hydrogen-bond donors (Lipinski definition) is 1. The summed E-state index contributed by atoms with van der Waals surface area (Å²) in [7, 11) is 0. The van der Waals surface area contributed by atoms with Crippen LogP contribution in [0.5, 0.6) is 0 Å². The Bertz CT molecular complexity index is 825. The van der Waals surface area contributed by atoms with Crippen molar-refractivity contribution >= 4 is 17.3 Å². The average Bonchev–Trinajstić information content (AvgIpc) is 3.05. The Balaban J connectivity index is 2.01. The lowest BCUT2D eigenvalue weighted by molar-refractivity contribution is 0.0696. The summed E-state index contributed by atoms with van der Waals surface area (Å²) in [4.78, 5) is 15.4. The molecule has 0 saturated heterocycles. The van der Waals surface area contributed by atoms with Crippen molar-refractivity contribution in [1.29, 1.82) is 0 Å². The molecule has 5 nitrogen and oxygen atoms in total. The van der Waals surface area contributed by atoms with Crippen LogP contribution in [-0.4, -0.2) is 25.8 Å². The number of nitrogens with zero attached hydrogens (tertiary/aromatic N) is 3. The summed E-state index contributed by atoms with van der Waals surface area (Å²) in [5.74, 6) is -1.36. The Kier molecular flexibility index (Phi) is 3.26. The second-order valence-corrected chi connectivity index (χ2v) is 5.22. The van der Waals surface area contributed by atoms with E-state index in [0.717, 1.165) is 0 Å². The van der Waals surface area contributed by atoms with Gasteiger partial charge in [-0.25, -0.2) is 18.9 Å². The summed E-state index contributed by atoms with van der Waals surface area (Å²) >= 11 is 1.32. The molecule has 0 bridgehead atoms. The first kappa shape index (κ1) is 13.4. The Labute approximate surface area is 123 Å². The smallest absolute Gasteiger partial charge is 0.339 e. The van der Waals surface area contributed by atoms with Crippen molar-refractivity contribution in [3.8, 4) is 16.4 Å². The molecule has 0 spiro atoms. The summed E-state index contributed by atoms with van der Waals surface area (Å²) in [5.41, 5.74) is 1.93. The predicted octanol–water partition coefficient (Wildman–Crippen LogP) is 3.14. The highest BCUT2D eigenvalue weighted by Gasteiger charge is 2.16. The van der Waals surface area contributed by atoms with E-state index in [1.165, 1.54) is 34.3 Å². The minimum Gasteiger partial charge on any atom is -0.478 e. The van der Waals surface area contributed by atoms with Crippen LogP contribution < -0.4 is 0 Å². The average molecular weight is 303 g/mol. The molecular formula is C14H10FN3O2S. The molecule has 7 heteroatoms. The molecule has 0 fully saturated rings. The second kappa shape index (κ2) is 5.10. The number of halogens is 1. The van der Waals surface area contributed by atoms with E-state index in [-0.39, 0.29) is 11.4 Å². The van der Waals surface area contributed by atoms with Crippen LogP contribution in [0.1, 0.15) is 16.1 Å². The first-order chi connectivity index (χ1) is 10.1. The minimum atomic E-state index is -1.03. The van der Waals surface area contributed by atoms with Crippen molar-refractivity contribution < 1.29 is 14.3 Å². The summed E-state index contributed by atoms with van der Waals surface area (Å²) in [6.07, 6.45) is 1.29. The number of aromatic carboxylic acids is 1. The molecule has 0 atom stereocenters. The fourth-order valence-electron chi connectivity index (χ4n) is 1.95. The zero-order valence-electron chi connectivity index (χ0n) is 10.9. The maximum Gasteiger partial charge on any atom is 0.339 e. The Morgan fingerprint density at radius 1 is 1.43 bits per heavy atom. The van der Waals surface area contributed by atoms with Gasteiger partial charge < -0.3 is 5.11 Å². The van der Waals surface area contributed by atoms with E-state index in [4.69, 9.17) is 5.11 Å². The normalized spacial score (nSPS) is 10.8. The van der Waals surface area contributed by atoms with Crippen molar-refractivity contribution in [2.75, 3.05) is 0 Å². The number of carboxylic acids is 1. The lowest BCUT2D eigenvalue weighted by atomic mass is 10.2. The summed E-state index contributed by atoms with van der Waals surface area (Å²) in [6.45, 7) is 1.67. The van der Waals surface area contributed by atoms with Gasteiger partial charge in [0, 0.05) is 10.9 Å². The number of benzene rings is 1. The van der Waals surface area contributed by atoms with Crippen molar-refractivity contribution in [3.63, 3.8) is 0 Å². The molecule has 0 amide bonds. The van der Waals surface area contributed by atoms with Gasteiger partial charge in [-0.05, 0) is 19.1 Å². The van der Waals surface area contributed by atoms with Gasteiger partial charge in [-0.15, -0.1) is 11.3 Å². The van der Waals surface area contributed by atoms with Crippen molar-refractivity contribution in [2.24, 2.45) is 0 Å². The van der Waals surface area contributed by atoms with Gasteiger partial charge in [0.1, 0.15) is 11.4 Å². The predicted molar refractivity (Wildman–Crippen MR) is 76.3 cm³/mol. The number of carbonyl (C=O) groups is 1. The van der Waals surface area contributed by atoms with Gasteiger partial charge in [-0.1, -0.05) is 12.1 Å². The molecule has 21 heavy (non-hydrogen) atoms. The molecule has 2 heterocycles. The molecule has 106 valence electrons. The minimum absolute atomic E-state index is 0.137. The van der Waals surface area contributed by atoms with E-state index in [2.05, 4.69) is 10.1 Å². The van der Waals surface area contributed by atoms with Gasteiger partial charge in [0.2, 0.25) is 5.13 Å². The Morgan fingerprint density at radius 3 is 2.90 bits per heavy atom. The van der Waals surface area contributed by atoms with Crippen molar-refractivity contribution in [2.45, 2.75) is 6.92 Å². The molecule has 0 aliphatic heterocycles. The monoisotopic (exact) mass is 303 g/mol. The highest BCUT2D eigenvalue weighted by molar-refractivity contribution is 7.12. The first-order valence-corrected chi connectivity index (χ1v) is 6.94. The number of aromatic nitrogens is 3. The van der Waals surface area contributed by atoms with Crippen LogP contribution in [0.3, 0.4) is 0 Å². The SMILES string of the molecule is Cc1c(C(=O)O)cnn1-c1nc(-c2cccc(F)c2)cs1. The molecular weight excluding hydrogens is 293 g/mol. The molecule has 1 aromatic carbocycles. The molecule has 2 aromatic heterocycles. The highest BCUT2D eigenvalue weighted by atomic mass is 32.1. The van der Waals surface area contributed by atoms with E-state index in [9.17, 15) is 9.18 Å². The maximum atomic E-state index is 13.2. The molecule has 0 saturated carbocycles. The van der Waals surface area contributed by atoms with Gasteiger partial charge in [0.05, 0.1) is 17.6 Å². The zero-order valence-corrected chi connectivity index (χ0v) is 11.8. The molecule has 0 unspecified atom stereocenters. The molecule has 3 rings (SSSR count). The van der Waals surface area contributed by atoms with Gasteiger partial charge in [-0.3, -0.25) is 0 Å². The van der Waals surface area contributed by atoms with Crippen LogP contribution in [0.15, 0.2) is 35.8 Å². The third-order valence-corrected chi connectivity index (χ3v) is 3.85. The third-order valence-electron chi connectivity index (χ3n) is 3.03. The van der Waals surface area contributed by atoms with E-state index in [0.29, 0.717) is 22.1 Å². The van der Waals surface area contributed by atoms with Gasteiger partial charge in [0.25, 0.3) is 0 Å². The van der Waals surface area contributed by atoms with Gasteiger partial charge in [-0.2, -0.15) is 5.10 Å². The van der Waals surface area contributed by atoms with Crippen LogP contribution in [0.4, 0.5) is 4.39 Å². The van der Waals surface area contributed by atoms with E-state index < -0.39 is 5.97 Å². The molecule has 1 N–H and O–H groups in total. The van der Waals surface area contributed by atoms with Crippen LogP contribution in [0.25, 0.3) is 16.4 Å². The zero-order chi connectivity index (χ0) is 15.0. The van der Waals surface area contributed by atoms with Crippen LogP contribution in [0, 0.1) is 12.7 Å². The highest BCUT2D eigenvalue weighted by Crippen LogP contribution is 2.25. The number of rotatable bonds is 3. The number of hydrogen-bond acceptors (Lipinski definition) is 4. The molecule has 0 aliphatic carbocycles. The van der Waals surface area contributed by atoms with Crippen LogP contribution in [0.2, 0.25) is 0 Å². The van der Waals surface area contributed by atoms with Crippen molar-refractivity contribution in [3.05, 3.63) is 52.9 Å². The molecule has 0 aliphatic rings. The largest absolute Gasteiger partial charge is 0.478 e. The topological polar surface area (TPSA) is 68.0 Å². The van der Waals surface area contributed by atoms with E-state index >= 15 is 0 Å². The fourth-order valence-corrected chi connectivity index (χ4v) is 2.80. The van der Waals surface area contributed by atoms with E-state index in [1.807, 2.05) is 0 Å². The van der Waals surface area contributed by atoms with Crippen molar-refractivity contribution in [1.82, 2.24) is 14.8 Å².